The molecule has 1 atom stereocenters. The highest BCUT2D eigenvalue weighted by atomic mass is 35.5. The van der Waals surface area contributed by atoms with Gasteiger partial charge < -0.3 is 5.73 Å². The molecule has 16 heavy (non-hydrogen) atoms. The molecule has 2 N–H and O–H groups in total. The maximum Gasteiger partial charge on any atom is 0.0931 e. The predicted molar refractivity (Wildman–Crippen MR) is 73.8 cm³/mol. The highest BCUT2D eigenvalue weighted by Gasteiger charge is 2.12. The lowest BCUT2D eigenvalue weighted by molar-refractivity contribution is 0.745. The Bertz CT molecular complexity index is 467. The van der Waals surface area contributed by atoms with Crippen molar-refractivity contribution in [2.24, 2.45) is 5.73 Å². The van der Waals surface area contributed by atoms with E-state index in [1.807, 2.05) is 6.07 Å². The normalized spacial score (nSPS) is 13.0. The van der Waals surface area contributed by atoms with E-state index in [0.29, 0.717) is 0 Å². The van der Waals surface area contributed by atoms with E-state index in [9.17, 15) is 0 Å². The summed E-state index contributed by atoms with van der Waals surface area (Å²) in [5.41, 5.74) is 7.53. The molecular formula is C12H14ClNS2. The fourth-order valence-corrected chi connectivity index (χ4v) is 3.75. The van der Waals surface area contributed by atoms with Gasteiger partial charge in [0.2, 0.25) is 0 Å². The molecule has 0 spiro atoms. The van der Waals surface area contributed by atoms with Crippen LogP contribution in [0.5, 0.6) is 0 Å². The third kappa shape index (κ3) is 2.66. The van der Waals surface area contributed by atoms with Gasteiger partial charge in [-0.3, -0.25) is 0 Å². The average molecular weight is 272 g/mol. The Balaban J connectivity index is 2.11. The van der Waals surface area contributed by atoms with Crippen molar-refractivity contribution in [1.82, 2.24) is 0 Å². The molecular weight excluding hydrogens is 258 g/mol. The van der Waals surface area contributed by atoms with Crippen molar-refractivity contribution in [3.05, 3.63) is 42.7 Å². The van der Waals surface area contributed by atoms with Gasteiger partial charge in [0.25, 0.3) is 0 Å². The van der Waals surface area contributed by atoms with Gasteiger partial charge in [0.15, 0.2) is 0 Å². The number of rotatable bonds is 3. The van der Waals surface area contributed by atoms with Crippen molar-refractivity contribution >= 4 is 34.3 Å². The number of aryl methyl sites for hydroxylation is 2. The SMILES string of the molecule is Cc1cc(C(N)Cc2ccc(Cl)s2)sc1C. The first-order valence-electron chi connectivity index (χ1n) is 5.13. The minimum Gasteiger partial charge on any atom is -0.323 e. The van der Waals surface area contributed by atoms with Crippen LogP contribution in [0.25, 0.3) is 0 Å². The van der Waals surface area contributed by atoms with Gasteiger partial charge >= 0.3 is 0 Å². The van der Waals surface area contributed by atoms with Gasteiger partial charge in [-0.1, -0.05) is 11.6 Å². The molecule has 1 unspecified atom stereocenters. The Kier molecular flexibility index (Phi) is 3.70. The second-order valence-electron chi connectivity index (χ2n) is 3.90. The van der Waals surface area contributed by atoms with E-state index in [2.05, 4.69) is 26.0 Å². The van der Waals surface area contributed by atoms with Crippen molar-refractivity contribution < 1.29 is 0 Å². The number of thiophene rings is 2. The van der Waals surface area contributed by atoms with Crippen LogP contribution in [0.3, 0.4) is 0 Å². The maximum absolute atomic E-state index is 6.19. The van der Waals surface area contributed by atoms with Crippen LogP contribution in [0.2, 0.25) is 4.34 Å². The molecule has 0 saturated heterocycles. The summed E-state index contributed by atoms with van der Waals surface area (Å²) in [6.45, 7) is 4.27. The molecule has 0 fully saturated rings. The highest BCUT2D eigenvalue weighted by Crippen LogP contribution is 2.30. The fourth-order valence-electron chi connectivity index (χ4n) is 1.56. The molecule has 4 heteroatoms. The smallest absolute Gasteiger partial charge is 0.0931 e. The first-order chi connectivity index (χ1) is 7.56. The molecule has 2 rings (SSSR count). The van der Waals surface area contributed by atoms with Crippen LogP contribution >= 0.6 is 34.3 Å². The molecule has 2 aromatic heterocycles. The minimum atomic E-state index is 0.0899. The van der Waals surface area contributed by atoms with Crippen LogP contribution in [-0.2, 0) is 6.42 Å². The zero-order valence-corrected chi connectivity index (χ0v) is 11.7. The van der Waals surface area contributed by atoms with Crippen molar-refractivity contribution in [2.75, 3.05) is 0 Å². The van der Waals surface area contributed by atoms with Gasteiger partial charge in [-0.15, -0.1) is 22.7 Å². The second-order valence-corrected chi connectivity index (χ2v) is 6.99. The molecule has 2 heterocycles. The molecule has 0 bridgehead atoms. The van der Waals surface area contributed by atoms with E-state index in [0.717, 1.165) is 10.8 Å². The summed E-state index contributed by atoms with van der Waals surface area (Å²) in [6.07, 6.45) is 0.872. The summed E-state index contributed by atoms with van der Waals surface area (Å²) in [5.74, 6) is 0. The van der Waals surface area contributed by atoms with Crippen molar-refractivity contribution in [1.29, 1.82) is 0 Å². The second kappa shape index (κ2) is 4.88. The molecule has 0 aliphatic heterocycles. The van der Waals surface area contributed by atoms with Crippen LogP contribution in [0.4, 0.5) is 0 Å². The summed E-state index contributed by atoms with van der Waals surface area (Å²) in [6, 6.07) is 6.27. The van der Waals surface area contributed by atoms with Gasteiger partial charge in [-0.2, -0.15) is 0 Å². The summed E-state index contributed by atoms with van der Waals surface area (Å²) in [4.78, 5) is 3.87. The summed E-state index contributed by atoms with van der Waals surface area (Å²) >= 11 is 9.31. The zero-order chi connectivity index (χ0) is 11.7. The Morgan fingerprint density at radius 3 is 2.56 bits per heavy atom. The monoisotopic (exact) mass is 271 g/mol. The zero-order valence-electron chi connectivity index (χ0n) is 9.29. The maximum atomic E-state index is 6.19. The Morgan fingerprint density at radius 1 is 1.31 bits per heavy atom. The lowest BCUT2D eigenvalue weighted by atomic mass is 10.1. The van der Waals surface area contributed by atoms with Crippen molar-refractivity contribution in [2.45, 2.75) is 26.3 Å². The van der Waals surface area contributed by atoms with E-state index in [1.165, 1.54) is 20.2 Å². The third-order valence-electron chi connectivity index (χ3n) is 2.60. The van der Waals surface area contributed by atoms with Crippen LogP contribution in [0.1, 0.15) is 26.2 Å². The molecule has 0 amide bonds. The highest BCUT2D eigenvalue weighted by molar-refractivity contribution is 7.16. The summed E-state index contributed by atoms with van der Waals surface area (Å²) in [7, 11) is 0. The molecule has 1 nitrogen and oxygen atoms in total. The van der Waals surface area contributed by atoms with E-state index >= 15 is 0 Å². The topological polar surface area (TPSA) is 26.0 Å². The van der Waals surface area contributed by atoms with Gasteiger partial charge in [0.05, 0.1) is 4.34 Å². The predicted octanol–water partition coefficient (Wildman–Crippen LogP) is 4.32. The quantitative estimate of drug-likeness (QED) is 0.884. The molecule has 86 valence electrons. The molecule has 2 aromatic rings. The summed E-state index contributed by atoms with van der Waals surface area (Å²) < 4.78 is 0.834. The first-order valence-corrected chi connectivity index (χ1v) is 7.14. The lowest BCUT2D eigenvalue weighted by Gasteiger charge is -2.07. The largest absolute Gasteiger partial charge is 0.323 e. The molecule has 0 radical (unpaired) electrons. The number of nitrogens with two attached hydrogens (primary N) is 1. The van der Waals surface area contributed by atoms with Crippen LogP contribution < -0.4 is 5.73 Å². The first kappa shape index (κ1) is 12.1. The fraction of sp³-hybridized carbons (Fsp3) is 0.333. The standard InChI is InChI=1S/C12H14ClNS2/c1-7-5-11(15-8(7)2)10(14)6-9-3-4-12(13)16-9/h3-5,10H,6,14H2,1-2H3. The number of hydrogen-bond donors (Lipinski definition) is 1. The van der Waals surface area contributed by atoms with Gasteiger partial charge in [0.1, 0.15) is 0 Å². The Morgan fingerprint density at radius 2 is 2.06 bits per heavy atom. The molecule has 0 aliphatic carbocycles. The van der Waals surface area contributed by atoms with Crippen LogP contribution in [-0.4, -0.2) is 0 Å². The number of hydrogen-bond acceptors (Lipinski definition) is 3. The minimum absolute atomic E-state index is 0.0899. The lowest BCUT2D eigenvalue weighted by Crippen LogP contribution is -2.10. The van der Waals surface area contributed by atoms with Gasteiger partial charge in [-0.05, 0) is 37.6 Å². The van der Waals surface area contributed by atoms with E-state index in [4.69, 9.17) is 17.3 Å². The average Bonchev–Trinajstić information content (AvgIpc) is 2.75. The van der Waals surface area contributed by atoms with Crippen molar-refractivity contribution in [3.8, 4) is 0 Å². The molecule has 0 aliphatic rings. The Labute approximate surface area is 109 Å². The van der Waals surface area contributed by atoms with E-state index in [1.54, 1.807) is 22.7 Å². The van der Waals surface area contributed by atoms with Crippen molar-refractivity contribution in [3.63, 3.8) is 0 Å². The van der Waals surface area contributed by atoms with E-state index < -0.39 is 0 Å². The Hall–Kier alpha value is -0.350. The molecule has 0 saturated carbocycles. The third-order valence-corrected chi connectivity index (χ3v) is 5.14. The molecule has 0 aromatic carbocycles. The van der Waals surface area contributed by atoms with Gasteiger partial charge in [0, 0.05) is 27.1 Å². The van der Waals surface area contributed by atoms with Crippen LogP contribution in [0, 0.1) is 13.8 Å². The van der Waals surface area contributed by atoms with Crippen LogP contribution in [0.15, 0.2) is 18.2 Å². The van der Waals surface area contributed by atoms with Gasteiger partial charge in [-0.25, -0.2) is 0 Å². The van der Waals surface area contributed by atoms with E-state index in [-0.39, 0.29) is 6.04 Å². The summed E-state index contributed by atoms with van der Waals surface area (Å²) in [5, 5.41) is 0. The number of halogens is 1.